The van der Waals surface area contributed by atoms with Crippen LogP contribution in [0.5, 0.6) is 0 Å². The minimum absolute atomic E-state index is 0. The van der Waals surface area contributed by atoms with Crippen molar-refractivity contribution in [3.63, 3.8) is 0 Å². The Bertz CT molecular complexity index is 364. The molecule has 1 amide bonds. The summed E-state index contributed by atoms with van der Waals surface area (Å²) in [5.41, 5.74) is 3.54. The van der Waals surface area contributed by atoms with Crippen LogP contribution in [-0.4, -0.2) is 13.0 Å². The highest BCUT2D eigenvalue weighted by atomic mass is 16.1. The Balaban J connectivity index is 0. The Morgan fingerprint density at radius 1 is 1.22 bits per heavy atom. The Hall–Kier alpha value is -1.31. The lowest BCUT2D eigenvalue weighted by molar-refractivity contribution is 0.0963. The monoisotopic (exact) mass is 251 g/mol. The average molecular weight is 251 g/mol. The van der Waals surface area contributed by atoms with Gasteiger partial charge in [0.25, 0.3) is 5.91 Å². The van der Waals surface area contributed by atoms with Crippen molar-refractivity contribution in [3.05, 3.63) is 34.9 Å². The first-order valence-electron chi connectivity index (χ1n) is 7.06. The van der Waals surface area contributed by atoms with Crippen LogP contribution < -0.4 is 5.32 Å². The second kappa shape index (κ2) is 9.69. The van der Waals surface area contributed by atoms with E-state index >= 15 is 0 Å². The van der Waals surface area contributed by atoms with E-state index in [0.29, 0.717) is 0 Å². The molecule has 0 saturated heterocycles. The van der Waals surface area contributed by atoms with Crippen LogP contribution >= 0.6 is 0 Å². The quantitative estimate of drug-likeness (QED) is 0.795. The number of benzene rings is 1. The summed E-state index contributed by atoms with van der Waals surface area (Å²) in [5, 5.41) is 2.63. The molecule has 2 nitrogen and oxygen atoms in total. The molecule has 0 heterocycles. The Morgan fingerprint density at radius 3 is 2.33 bits per heavy atom. The largest absolute Gasteiger partial charge is 0.355 e. The summed E-state index contributed by atoms with van der Waals surface area (Å²) in [7, 11) is 1.66. The molecule has 0 bridgehead atoms. The van der Waals surface area contributed by atoms with Gasteiger partial charge in [0.2, 0.25) is 0 Å². The van der Waals surface area contributed by atoms with E-state index in [-0.39, 0.29) is 7.33 Å². The number of carbonyl (C=O) groups is 1. The molecule has 1 aromatic carbocycles. The van der Waals surface area contributed by atoms with Crippen LogP contribution in [0.2, 0.25) is 0 Å². The summed E-state index contributed by atoms with van der Waals surface area (Å²) >= 11 is 0. The first kappa shape index (κ1) is 16.7. The van der Waals surface area contributed by atoms with E-state index in [2.05, 4.69) is 25.2 Å². The highest BCUT2D eigenvalue weighted by Gasteiger charge is 2.12. The zero-order chi connectivity index (χ0) is 14.0. The summed E-state index contributed by atoms with van der Waals surface area (Å²) in [6, 6.07) is 6.00. The summed E-state index contributed by atoms with van der Waals surface area (Å²) < 4.78 is 0. The molecule has 1 aromatic rings. The second-order valence-corrected chi connectivity index (χ2v) is 4.12. The summed E-state index contributed by atoms with van der Waals surface area (Å²) in [4.78, 5) is 11.3. The van der Waals surface area contributed by atoms with Crippen LogP contribution in [0.15, 0.2) is 18.2 Å². The van der Waals surface area contributed by atoms with Crippen LogP contribution in [0.1, 0.15) is 63.4 Å². The first-order valence-corrected chi connectivity index (χ1v) is 7.06. The van der Waals surface area contributed by atoms with Crippen molar-refractivity contribution < 1.29 is 6.22 Å². The fourth-order valence-corrected chi connectivity index (χ4v) is 1.86. The maximum atomic E-state index is 11.3. The van der Waals surface area contributed by atoms with Gasteiger partial charge in [0.05, 0.1) is 0 Å². The Kier molecular flexibility index (Phi) is 8.99. The van der Waals surface area contributed by atoms with Gasteiger partial charge in [-0.15, -0.1) is 0 Å². The van der Waals surface area contributed by atoms with Gasteiger partial charge in [0.15, 0.2) is 0 Å². The van der Waals surface area contributed by atoms with E-state index < -0.39 is 0 Å². The van der Waals surface area contributed by atoms with Crippen LogP contribution in [-0.2, 0) is 12.8 Å². The number of fused-ring (bicyclic) bond motifs is 1. The average Bonchev–Trinajstić information content (AvgIpc) is 2.88. The second-order valence-electron chi connectivity index (χ2n) is 4.12. The van der Waals surface area contributed by atoms with Crippen molar-refractivity contribution in [2.24, 2.45) is 0 Å². The van der Waals surface area contributed by atoms with Crippen LogP contribution in [0.25, 0.3) is 0 Å². The van der Waals surface area contributed by atoms with E-state index in [0.717, 1.165) is 12.0 Å². The van der Waals surface area contributed by atoms with E-state index in [4.69, 9.17) is 0 Å². The van der Waals surface area contributed by atoms with Gasteiger partial charge >= 0.3 is 0 Å². The smallest absolute Gasteiger partial charge is 0.251 e. The molecule has 0 spiro atoms. The van der Waals surface area contributed by atoms with Gasteiger partial charge in [-0.1, -0.05) is 40.2 Å². The molecule has 0 unspecified atom stereocenters. The van der Waals surface area contributed by atoms with Crippen molar-refractivity contribution >= 4 is 5.91 Å². The standard InChI is InChI=1S/C11H13NO.C3H8.C2H6.H2/c1-12-11(13)10-6-5-8-3-2-4-9(8)7-10;1-3-2;1-2;/h5-7H,2-4H2,1H3,(H,12,13);3H2,1-2H3;1-2H3;1H. The highest BCUT2D eigenvalue weighted by Crippen LogP contribution is 2.22. The molecular formula is C16H29NO. The topological polar surface area (TPSA) is 29.1 Å². The Morgan fingerprint density at radius 2 is 1.78 bits per heavy atom. The zero-order valence-corrected chi connectivity index (χ0v) is 12.5. The molecule has 104 valence electrons. The lowest BCUT2D eigenvalue weighted by Gasteiger charge is -2.02. The summed E-state index contributed by atoms with van der Waals surface area (Å²) in [6.07, 6.45) is 4.77. The van der Waals surface area contributed by atoms with Crippen LogP contribution in [0, 0.1) is 0 Å². The first-order chi connectivity index (χ1) is 8.72. The molecule has 1 aliphatic rings. The Labute approximate surface area is 113 Å². The van der Waals surface area contributed by atoms with Gasteiger partial charge in [0, 0.05) is 14.0 Å². The fraction of sp³-hybridized carbons (Fsp3) is 0.562. The molecule has 18 heavy (non-hydrogen) atoms. The number of amides is 1. The molecular weight excluding hydrogens is 222 g/mol. The van der Waals surface area contributed by atoms with Gasteiger partial charge < -0.3 is 5.32 Å². The van der Waals surface area contributed by atoms with Gasteiger partial charge in [-0.3, -0.25) is 4.79 Å². The highest BCUT2D eigenvalue weighted by molar-refractivity contribution is 5.94. The zero-order valence-electron chi connectivity index (χ0n) is 12.5. The van der Waals surface area contributed by atoms with E-state index in [1.54, 1.807) is 7.05 Å². The number of hydrogen-bond donors (Lipinski definition) is 1. The van der Waals surface area contributed by atoms with Gasteiger partial charge in [-0.05, 0) is 42.5 Å². The molecule has 0 radical (unpaired) electrons. The van der Waals surface area contributed by atoms with Crippen molar-refractivity contribution in [3.8, 4) is 0 Å². The molecule has 0 fully saturated rings. The SMILES string of the molecule is CC.CCC.CNC(=O)c1ccc2c(c1)CCC2.[HH]. The summed E-state index contributed by atoms with van der Waals surface area (Å²) in [6.45, 7) is 8.25. The van der Waals surface area contributed by atoms with Crippen LogP contribution in [0.4, 0.5) is 0 Å². The molecule has 0 aliphatic heterocycles. The molecule has 2 rings (SSSR count). The van der Waals surface area contributed by atoms with Gasteiger partial charge in [0.1, 0.15) is 0 Å². The van der Waals surface area contributed by atoms with E-state index in [9.17, 15) is 4.79 Å². The summed E-state index contributed by atoms with van der Waals surface area (Å²) in [5.74, 6) is 0.00898. The van der Waals surface area contributed by atoms with Crippen molar-refractivity contribution in [1.29, 1.82) is 0 Å². The van der Waals surface area contributed by atoms with Crippen molar-refractivity contribution in [2.75, 3.05) is 7.05 Å². The third kappa shape index (κ3) is 4.91. The third-order valence-corrected chi connectivity index (χ3v) is 2.59. The normalized spacial score (nSPS) is 11.4. The number of hydrogen-bond acceptors (Lipinski definition) is 1. The molecule has 0 aromatic heterocycles. The number of carbonyl (C=O) groups excluding carboxylic acids is 1. The fourth-order valence-electron chi connectivity index (χ4n) is 1.86. The molecule has 1 aliphatic carbocycles. The van der Waals surface area contributed by atoms with E-state index in [1.165, 1.54) is 30.4 Å². The molecule has 2 heteroatoms. The third-order valence-electron chi connectivity index (χ3n) is 2.59. The van der Waals surface area contributed by atoms with Gasteiger partial charge in [-0.25, -0.2) is 0 Å². The molecule has 0 saturated carbocycles. The molecule has 0 atom stereocenters. The van der Waals surface area contributed by atoms with E-state index in [1.807, 2.05) is 26.0 Å². The number of nitrogens with one attached hydrogen (secondary N) is 1. The minimum Gasteiger partial charge on any atom is -0.355 e. The van der Waals surface area contributed by atoms with Crippen LogP contribution in [0.3, 0.4) is 0 Å². The van der Waals surface area contributed by atoms with Crippen molar-refractivity contribution in [1.82, 2.24) is 5.32 Å². The number of aryl methyl sites for hydroxylation is 2. The van der Waals surface area contributed by atoms with Gasteiger partial charge in [-0.2, -0.15) is 0 Å². The lowest BCUT2D eigenvalue weighted by atomic mass is 10.1. The number of rotatable bonds is 1. The predicted octanol–water partition coefficient (Wildman–Crippen LogP) is 4.22. The maximum Gasteiger partial charge on any atom is 0.251 e. The lowest BCUT2D eigenvalue weighted by Crippen LogP contribution is -2.17. The minimum atomic E-state index is 0. The predicted molar refractivity (Wildman–Crippen MR) is 81.3 cm³/mol. The van der Waals surface area contributed by atoms with Crippen molar-refractivity contribution in [2.45, 2.75) is 53.4 Å². The maximum absolute atomic E-state index is 11.3. The molecule has 1 N–H and O–H groups in total.